The molecule has 5 unspecified atom stereocenters. The van der Waals surface area contributed by atoms with Gasteiger partial charge in [0.15, 0.2) is 0 Å². The molecule has 0 radical (unpaired) electrons. The van der Waals surface area contributed by atoms with Gasteiger partial charge < -0.3 is 4.90 Å². The second-order valence-corrected chi connectivity index (χ2v) is 9.40. The lowest BCUT2D eigenvalue weighted by Crippen LogP contribution is -2.73. The fraction of sp³-hybridized carbons (Fsp3) is 0.950. The summed E-state index contributed by atoms with van der Waals surface area (Å²) >= 11 is 0. The molecule has 7 nitrogen and oxygen atoms in total. The third-order valence-electron chi connectivity index (χ3n) is 7.60. The van der Waals surface area contributed by atoms with Crippen LogP contribution in [0.5, 0.6) is 0 Å². The van der Waals surface area contributed by atoms with Crippen molar-refractivity contribution in [2.75, 3.05) is 26.7 Å². The van der Waals surface area contributed by atoms with E-state index in [9.17, 15) is 18.0 Å². The van der Waals surface area contributed by atoms with Gasteiger partial charge in [0.05, 0.1) is 18.1 Å². The number of alkyl halides is 3. The van der Waals surface area contributed by atoms with E-state index in [1.165, 1.54) is 0 Å². The molecule has 0 aromatic rings. The molecular formula is C20H35F3N6O. The highest BCUT2D eigenvalue weighted by Gasteiger charge is 2.48. The van der Waals surface area contributed by atoms with Gasteiger partial charge in [0.1, 0.15) is 0 Å². The van der Waals surface area contributed by atoms with Gasteiger partial charge in [0.25, 0.3) is 0 Å². The highest BCUT2D eigenvalue weighted by molar-refractivity contribution is 5.76. The van der Waals surface area contributed by atoms with Crippen LogP contribution in [0.2, 0.25) is 0 Å². The highest BCUT2D eigenvalue weighted by Crippen LogP contribution is 2.41. The first kappa shape index (κ1) is 22.3. The number of carbonyl (C=O) groups is 1. The van der Waals surface area contributed by atoms with Crippen molar-refractivity contribution in [1.82, 2.24) is 31.5 Å². The second-order valence-electron chi connectivity index (χ2n) is 9.40. The molecule has 4 N–H and O–H groups in total. The summed E-state index contributed by atoms with van der Waals surface area (Å²) in [6.45, 7) is 4.15. The Hall–Kier alpha value is -0.940. The Balaban J connectivity index is 1.46. The number of fused-ring (bicyclic) bond motifs is 1. The van der Waals surface area contributed by atoms with E-state index in [0.717, 1.165) is 19.5 Å². The molecule has 0 aromatic heterocycles. The lowest BCUT2D eigenvalue weighted by atomic mass is 9.75. The zero-order chi connectivity index (χ0) is 21.5. The maximum absolute atomic E-state index is 13.1. The summed E-state index contributed by atoms with van der Waals surface area (Å²) < 4.78 is 39.3. The summed E-state index contributed by atoms with van der Waals surface area (Å²) in [6.07, 6.45) is -1.10. The van der Waals surface area contributed by atoms with Crippen LogP contribution in [0.1, 0.15) is 45.4 Å². The smallest absolute Gasteiger partial charge is 0.341 e. The van der Waals surface area contributed by atoms with Gasteiger partial charge in [-0.25, -0.2) is 10.9 Å². The molecular weight excluding hydrogens is 397 g/mol. The Morgan fingerprint density at radius 2 is 1.80 bits per heavy atom. The van der Waals surface area contributed by atoms with Crippen molar-refractivity contribution in [3.05, 3.63) is 0 Å². The molecule has 0 bridgehead atoms. The van der Waals surface area contributed by atoms with Crippen LogP contribution in [0, 0.1) is 17.8 Å². The molecule has 1 aliphatic carbocycles. The average Bonchev–Trinajstić information content (AvgIpc) is 3.17. The minimum absolute atomic E-state index is 0.0187. The van der Waals surface area contributed by atoms with Crippen LogP contribution in [0.3, 0.4) is 0 Å². The standard InChI is InChI=1S/C20H35F3N6O/c1-3-17(30)29-9-8-14-16(11-29)25-19(26-18(14)15-10-24-28(2)27-15)12-4-6-13(7-5-12)20(21,22)23/h12-16,18-19,24-27H,3-11H2,1-2H3. The Labute approximate surface area is 176 Å². The van der Waals surface area contributed by atoms with Crippen LogP contribution in [0.15, 0.2) is 0 Å². The summed E-state index contributed by atoms with van der Waals surface area (Å²) in [4.78, 5) is 14.2. The predicted octanol–water partition coefficient (Wildman–Crippen LogP) is 1.19. The second kappa shape index (κ2) is 8.90. The van der Waals surface area contributed by atoms with Crippen LogP contribution in [0.25, 0.3) is 0 Å². The molecule has 3 saturated heterocycles. The predicted molar refractivity (Wildman–Crippen MR) is 107 cm³/mol. The van der Waals surface area contributed by atoms with Gasteiger partial charge in [-0.3, -0.25) is 15.4 Å². The first-order valence-electron chi connectivity index (χ1n) is 11.4. The topological polar surface area (TPSA) is 71.7 Å². The van der Waals surface area contributed by atoms with E-state index < -0.39 is 12.1 Å². The number of halogens is 3. The molecule has 1 saturated carbocycles. The summed E-state index contributed by atoms with van der Waals surface area (Å²) in [6, 6.07) is 0.587. The van der Waals surface area contributed by atoms with E-state index in [1.54, 1.807) is 0 Å². The third-order valence-corrected chi connectivity index (χ3v) is 7.60. The molecule has 4 aliphatic rings. The van der Waals surface area contributed by atoms with Crippen molar-refractivity contribution in [3.8, 4) is 0 Å². The highest BCUT2D eigenvalue weighted by atomic mass is 19.4. The number of piperidine rings is 1. The minimum Gasteiger partial charge on any atom is -0.341 e. The van der Waals surface area contributed by atoms with Gasteiger partial charge in [-0.2, -0.15) is 18.3 Å². The summed E-state index contributed by atoms with van der Waals surface area (Å²) in [5.74, 6) is -0.439. The Morgan fingerprint density at radius 3 is 2.40 bits per heavy atom. The van der Waals surface area contributed by atoms with Crippen molar-refractivity contribution in [2.24, 2.45) is 17.8 Å². The van der Waals surface area contributed by atoms with E-state index in [2.05, 4.69) is 21.5 Å². The number of nitrogens with zero attached hydrogens (tertiary/aromatic N) is 2. The van der Waals surface area contributed by atoms with E-state index in [0.29, 0.717) is 31.7 Å². The molecule has 0 spiro atoms. The Bertz CT molecular complexity index is 612. The van der Waals surface area contributed by atoms with Gasteiger partial charge in [-0.15, -0.1) is 0 Å². The molecule has 3 heterocycles. The van der Waals surface area contributed by atoms with Gasteiger partial charge >= 0.3 is 6.18 Å². The van der Waals surface area contributed by atoms with Gasteiger partial charge in [-0.05, 0) is 43.9 Å². The van der Waals surface area contributed by atoms with E-state index >= 15 is 0 Å². The minimum atomic E-state index is -4.08. The Kier molecular flexibility index (Phi) is 6.60. The van der Waals surface area contributed by atoms with E-state index in [1.807, 2.05) is 24.0 Å². The van der Waals surface area contributed by atoms with Crippen LogP contribution in [-0.4, -0.2) is 73.1 Å². The monoisotopic (exact) mass is 432 g/mol. The lowest BCUT2D eigenvalue weighted by Gasteiger charge is -2.52. The van der Waals surface area contributed by atoms with Crippen LogP contribution < -0.4 is 21.5 Å². The molecule has 1 amide bonds. The van der Waals surface area contributed by atoms with Crippen LogP contribution >= 0.6 is 0 Å². The van der Waals surface area contributed by atoms with Crippen molar-refractivity contribution in [1.29, 1.82) is 0 Å². The molecule has 4 rings (SSSR count). The number of rotatable bonds is 3. The molecule has 3 aliphatic heterocycles. The zero-order valence-electron chi connectivity index (χ0n) is 17.8. The summed E-state index contributed by atoms with van der Waals surface area (Å²) in [7, 11) is 1.94. The fourth-order valence-electron chi connectivity index (χ4n) is 5.89. The number of nitrogens with one attached hydrogen (secondary N) is 4. The van der Waals surface area contributed by atoms with Gasteiger partial charge in [0.2, 0.25) is 5.91 Å². The number of carbonyl (C=O) groups excluding carboxylic acids is 1. The van der Waals surface area contributed by atoms with E-state index in [-0.39, 0.29) is 49.0 Å². The zero-order valence-corrected chi connectivity index (χ0v) is 17.8. The lowest BCUT2D eigenvalue weighted by molar-refractivity contribution is -0.185. The number of amides is 1. The normalized spacial score (nSPS) is 41.0. The maximum Gasteiger partial charge on any atom is 0.391 e. The molecule has 0 aromatic carbocycles. The number of hydrogen-bond donors (Lipinski definition) is 4. The largest absolute Gasteiger partial charge is 0.391 e. The fourth-order valence-corrected chi connectivity index (χ4v) is 5.89. The Morgan fingerprint density at radius 1 is 1.07 bits per heavy atom. The third kappa shape index (κ3) is 4.62. The van der Waals surface area contributed by atoms with Gasteiger partial charge in [0, 0.05) is 45.2 Å². The first-order valence-corrected chi connectivity index (χ1v) is 11.4. The quantitative estimate of drug-likeness (QED) is 0.537. The van der Waals surface area contributed by atoms with E-state index in [4.69, 9.17) is 0 Å². The first-order chi connectivity index (χ1) is 14.3. The maximum atomic E-state index is 13.1. The van der Waals surface area contributed by atoms with Crippen molar-refractivity contribution < 1.29 is 18.0 Å². The number of hydrogen-bond acceptors (Lipinski definition) is 6. The molecule has 4 fully saturated rings. The van der Waals surface area contributed by atoms with Crippen molar-refractivity contribution in [2.45, 2.75) is 75.9 Å². The molecule has 30 heavy (non-hydrogen) atoms. The van der Waals surface area contributed by atoms with Crippen molar-refractivity contribution >= 4 is 5.91 Å². The van der Waals surface area contributed by atoms with Crippen LogP contribution in [0.4, 0.5) is 13.2 Å². The molecule has 5 atom stereocenters. The van der Waals surface area contributed by atoms with Crippen LogP contribution in [-0.2, 0) is 4.79 Å². The SMILES string of the molecule is CCC(=O)N1CCC2C(C1)NC(C1CCC(C(F)(F)F)CC1)NC2C1CNN(C)N1. The number of likely N-dealkylation sites (tertiary alicyclic amines) is 1. The van der Waals surface area contributed by atoms with Crippen molar-refractivity contribution in [3.63, 3.8) is 0 Å². The average molecular weight is 433 g/mol. The molecule has 10 heteroatoms. The summed E-state index contributed by atoms with van der Waals surface area (Å²) in [5, 5.41) is 9.35. The number of hydrazine groups is 2. The summed E-state index contributed by atoms with van der Waals surface area (Å²) in [5.41, 5.74) is 6.74. The van der Waals surface area contributed by atoms with Gasteiger partial charge in [-0.1, -0.05) is 6.92 Å². The molecule has 172 valence electrons.